The molecule has 0 bridgehead atoms. The topological polar surface area (TPSA) is 154 Å². The predicted molar refractivity (Wildman–Crippen MR) is 87.9 cm³/mol. The third-order valence-corrected chi connectivity index (χ3v) is 3.45. The lowest BCUT2D eigenvalue weighted by molar-refractivity contribution is 0.00978. The highest BCUT2D eigenvalue weighted by atomic mass is 16.6. The quantitative estimate of drug-likeness (QED) is 0.488. The molecule has 134 valence electrons. The number of aromatic amines is 1. The van der Waals surface area contributed by atoms with Crippen molar-refractivity contribution in [3.05, 3.63) is 10.4 Å². The van der Waals surface area contributed by atoms with Gasteiger partial charge in [0.05, 0.1) is 12.1 Å². The van der Waals surface area contributed by atoms with Crippen molar-refractivity contribution in [1.29, 1.82) is 0 Å². The average Bonchev–Trinajstić information content (AvgIpc) is 2.43. The summed E-state index contributed by atoms with van der Waals surface area (Å²) >= 11 is 0. The predicted octanol–water partition coefficient (Wildman–Crippen LogP) is -0.371. The van der Waals surface area contributed by atoms with Crippen LogP contribution in [-0.4, -0.2) is 56.7 Å². The standard InChI is InChI=1S/C14H23N5O5/c1-6(20)9(21)7-5-16-10-8(11(22)18-12(15)17-10)19(7)13(23)24-14(2,3)4/h6-7,9,20-21H,5H2,1-4H3,(H4,15,16,17,18,22). The molecule has 2 heterocycles. The monoisotopic (exact) mass is 341 g/mol. The summed E-state index contributed by atoms with van der Waals surface area (Å²) in [6.07, 6.45) is -3.24. The van der Waals surface area contributed by atoms with Gasteiger partial charge >= 0.3 is 11.7 Å². The van der Waals surface area contributed by atoms with Gasteiger partial charge in [-0.1, -0.05) is 0 Å². The number of aliphatic hydroxyl groups is 2. The van der Waals surface area contributed by atoms with Crippen molar-refractivity contribution in [2.45, 2.75) is 51.5 Å². The number of H-pyrrole nitrogens is 1. The van der Waals surface area contributed by atoms with Gasteiger partial charge in [0, 0.05) is 6.54 Å². The summed E-state index contributed by atoms with van der Waals surface area (Å²) in [5.74, 6) is 0.0947. The van der Waals surface area contributed by atoms with Crippen LogP contribution in [0.25, 0.3) is 0 Å². The van der Waals surface area contributed by atoms with Crippen LogP contribution in [0.2, 0.25) is 0 Å². The van der Waals surface area contributed by atoms with Crippen LogP contribution in [-0.2, 0) is 4.74 Å². The number of amides is 1. The number of nitrogens with two attached hydrogens (primary N) is 1. The van der Waals surface area contributed by atoms with E-state index in [0.29, 0.717) is 0 Å². The molecular weight excluding hydrogens is 318 g/mol. The van der Waals surface area contributed by atoms with Gasteiger partial charge in [0.25, 0.3) is 0 Å². The van der Waals surface area contributed by atoms with Crippen molar-refractivity contribution in [2.75, 3.05) is 22.5 Å². The van der Waals surface area contributed by atoms with E-state index in [1.807, 2.05) is 0 Å². The number of hydrogen-bond donors (Lipinski definition) is 5. The van der Waals surface area contributed by atoms with Crippen LogP contribution in [0.4, 0.5) is 22.2 Å². The number of nitrogens with one attached hydrogen (secondary N) is 2. The van der Waals surface area contributed by atoms with Gasteiger partial charge in [0.15, 0.2) is 5.69 Å². The number of carbonyl (C=O) groups is 1. The SMILES string of the molecule is CC(O)C(O)C1CNc2[nH]c(N)nc(=O)c2N1C(=O)OC(C)(C)C. The molecule has 1 aliphatic rings. The molecular formula is C14H23N5O5. The van der Waals surface area contributed by atoms with E-state index in [2.05, 4.69) is 15.3 Å². The fourth-order valence-electron chi connectivity index (χ4n) is 2.43. The Morgan fingerprint density at radius 3 is 2.62 bits per heavy atom. The summed E-state index contributed by atoms with van der Waals surface area (Å²) in [5, 5.41) is 22.8. The van der Waals surface area contributed by atoms with Gasteiger partial charge in [-0.05, 0) is 27.7 Å². The second kappa shape index (κ2) is 6.29. The highest BCUT2D eigenvalue weighted by molar-refractivity contribution is 5.93. The van der Waals surface area contributed by atoms with Crippen LogP contribution in [0.3, 0.4) is 0 Å². The second-order valence-corrected chi connectivity index (χ2v) is 6.68. The minimum absolute atomic E-state index is 0.0811. The van der Waals surface area contributed by atoms with Crippen LogP contribution < -0.4 is 21.5 Å². The third kappa shape index (κ3) is 3.60. The summed E-state index contributed by atoms with van der Waals surface area (Å²) in [6.45, 7) is 6.51. The number of ether oxygens (including phenoxy) is 1. The van der Waals surface area contributed by atoms with Gasteiger partial charge in [0.1, 0.15) is 17.5 Å². The van der Waals surface area contributed by atoms with Gasteiger partial charge < -0.3 is 31.0 Å². The first-order chi connectivity index (χ1) is 11.0. The fraction of sp³-hybridized carbons (Fsp3) is 0.643. The molecule has 0 saturated heterocycles. The first-order valence-corrected chi connectivity index (χ1v) is 7.53. The minimum atomic E-state index is -1.30. The van der Waals surface area contributed by atoms with Gasteiger partial charge in [-0.2, -0.15) is 4.98 Å². The lowest BCUT2D eigenvalue weighted by Gasteiger charge is -2.40. The summed E-state index contributed by atoms with van der Waals surface area (Å²) in [5.41, 5.74) is 3.84. The smallest absolute Gasteiger partial charge is 0.415 e. The van der Waals surface area contributed by atoms with Crippen molar-refractivity contribution in [1.82, 2.24) is 9.97 Å². The maximum Gasteiger partial charge on any atom is 0.415 e. The molecule has 0 aromatic carbocycles. The molecule has 3 unspecified atom stereocenters. The zero-order chi connectivity index (χ0) is 18.2. The molecule has 0 radical (unpaired) electrons. The third-order valence-electron chi connectivity index (χ3n) is 3.45. The fourth-order valence-corrected chi connectivity index (χ4v) is 2.43. The molecule has 0 aliphatic carbocycles. The zero-order valence-corrected chi connectivity index (χ0v) is 14.0. The molecule has 6 N–H and O–H groups in total. The molecule has 3 atom stereocenters. The lowest BCUT2D eigenvalue weighted by atomic mass is 10.0. The van der Waals surface area contributed by atoms with E-state index in [-0.39, 0.29) is 24.0 Å². The van der Waals surface area contributed by atoms with Crippen molar-refractivity contribution in [3.8, 4) is 0 Å². The van der Waals surface area contributed by atoms with E-state index in [4.69, 9.17) is 10.5 Å². The number of nitrogen functional groups attached to an aromatic ring is 1. The number of nitrogens with zero attached hydrogens (tertiary/aromatic N) is 2. The van der Waals surface area contributed by atoms with Gasteiger partial charge in [0.2, 0.25) is 5.95 Å². The molecule has 24 heavy (non-hydrogen) atoms. The second-order valence-electron chi connectivity index (χ2n) is 6.68. The number of carbonyl (C=O) groups excluding carboxylic acids is 1. The number of aromatic nitrogens is 2. The normalized spacial score (nSPS) is 19.9. The van der Waals surface area contributed by atoms with Crippen LogP contribution >= 0.6 is 0 Å². The Morgan fingerprint density at radius 2 is 2.08 bits per heavy atom. The van der Waals surface area contributed by atoms with E-state index in [1.54, 1.807) is 20.8 Å². The maximum atomic E-state index is 12.6. The molecule has 0 spiro atoms. The molecule has 1 aliphatic heterocycles. The van der Waals surface area contributed by atoms with Gasteiger partial charge in [-0.25, -0.2) is 4.79 Å². The van der Waals surface area contributed by atoms with E-state index >= 15 is 0 Å². The van der Waals surface area contributed by atoms with Crippen molar-refractivity contribution >= 4 is 23.5 Å². The molecule has 1 amide bonds. The molecule has 1 aromatic rings. The Labute approximate surface area is 138 Å². The highest BCUT2D eigenvalue weighted by Gasteiger charge is 2.41. The maximum absolute atomic E-state index is 12.6. The number of hydrogen-bond acceptors (Lipinski definition) is 8. The largest absolute Gasteiger partial charge is 0.443 e. The summed E-state index contributed by atoms with van der Waals surface area (Å²) in [6, 6.07) is -0.918. The molecule has 0 fully saturated rings. The Hall–Kier alpha value is -2.33. The van der Waals surface area contributed by atoms with Crippen LogP contribution in [0.15, 0.2) is 4.79 Å². The molecule has 2 rings (SSSR count). The summed E-state index contributed by atoms with van der Waals surface area (Å²) in [7, 11) is 0. The lowest BCUT2D eigenvalue weighted by Crippen LogP contribution is -2.58. The number of rotatable bonds is 2. The summed E-state index contributed by atoms with van der Waals surface area (Å²) in [4.78, 5) is 32.1. The van der Waals surface area contributed by atoms with Crippen LogP contribution in [0, 0.1) is 0 Å². The number of aliphatic hydroxyl groups excluding tert-OH is 2. The van der Waals surface area contributed by atoms with E-state index in [1.165, 1.54) is 6.92 Å². The van der Waals surface area contributed by atoms with Crippen molar-refractivity contribution in [3.63, 3.8) is 0 Å². The molecule has 10 heteroatoms. The first kappa shape index (κ1) is 18.0. The Balaban J connectivity index is 2.53. The Morgan fingerprint density at radius 1 is 1.46 bits per heavy atom. The van der Waals surface area contributed by atoms with Crippen molar-refractivity contribution in [2.24, 2.45) is 0 Å². The van der Waals surface area contributed by atoms with E-state index in [0.717, 1.165) is 4.90 Å². The Kier molecular flexibility index (Phi) is 4.72. The number of anilines is 3. The van der Waals surface area contributed by atoms with Gasteiger partial charge in [-0.15, -0.1) is 0 Å². The molecule has 0 saturated carbocycles. The summed E-state index contributed by atoms with van der Waals surface area (Å²) < 4.78 is 5.33. The average molecular weight is 341 g/mol. The highest BCUT2D eigenvalue weighted by Crippen LogP contribution is 2.30. The van der Waals surface area contributed by atoms with Crippen LogP contribution in [0.1, 0.15) is 27.7 Å². The van der Waals surface area contributed by atoms with Gasteiger partial charge in [-0.3, -0.25) is 9.69 Å². The molecule has 1 aromatic heterocycles. The minimum Gasteiger partial charge on any atom is -0.443 e. The Bertz CT molecular complexity index is 681. The zero-order valence-electron chi connectivity index (χ0n) is 14.0. The van der Waals surface area contributed by atoms with E-state index in [9.17, 15) is 19.8 Å². The van der Waals surface area contributed by atoms with Crippen LogP contribution in [0.5, 0.6) is 0 Å². The molecule has 10 nitrogen and oxygen atoms in total. The van der Waals surface area contributed by atoms with E-state index < -0.39 is 35.5 Å². The first-order valence-electron chi connectivity index (χ1n) is 7.53. The number of fused-ring (bicyclic) bond motifs is 1. The van der Waals surface area contributed by atoms with Crippen molar-refractivity contribution < 1.29 is 19.7 Å².